The first kappa shape index (κ1) is 16.3. The van der Waals surface area contributed by atoms with Crippen LogP contribution in [-0.4, -0.2) is 35.4 Å². The van der Waals surface area contributed by atoms with E-state index in [1.54, 1.807) is 11.8 Å². The normalized spacial score (nSPS) is 10.3. The number of rotatable bonds is 6. The Bertz CT molecular complexity index is 643. The van der Waals surface area contributed by atoms with Crippen LogP contribution in [0, 0.1) is 13.8 Å². The fourth-order valence-corrected chi connectivity index (χ4v) is 2.37. The van der Waals surface area contributed by atoms with Gasteiger partial charge in [0, 0.05) is 23.5 Å². The van der Waals surface area contributed by atoms with Crippen LogP contribution in [0.25, 0.3) is 0 Å². The molecule has 116 valence electrons. The lowest BCUT2D eigenvalue weighted by molar-refractivity contribution is 0.0954. The van der Waals surface area contributed by atoms with Gasteiger partial charge in [0.25, 0.3) is 5.91 Å². The molecule has 2 aromatic rings. The predicted octanol–water partition coefficient (Wildman–Crippen LogP) is 2.66. The Kier molecular flexibility index (Phi) is 5.77. The van der Waals surface area contributed by atoms with Crippen LogP contribution in [0.5, 0.6) is 0 Å². The number of thioether (sulfide) groups is 1. The molecule has 2 N–H and O–H groups in total. The molecule has 2 rings (SSSR count). The van der Waals surface area contributed by atoms with Gasteiger partial charge >= 0.3 is 0 Å². The highest BCUT2D eigenvalue weighted by atomic mass is 32.2. The van der Waals surface area contributed by atoms with Crippen LogP contribution in [0.1, 0.15) is 21.6 Å². The number of nitrogens with one attached hydrogen (secondary N) is 2. The Morgan fingerprint density at radius 3 is 2.64 bits per heavy atom. The highest BCUT2D eigenvalue weighted by Gasteiger charge is 2.09. The van der Waals surface area contributed by atoms with E-state index in [4.69, 9.17) is 0 Å². The van der Waals surface area contributed by atoms with Crippen molar-refractivity contribution in [2.75, 3.05) is 24.7 Å². The van der Waals surface area contributed by atoms with Crippen molar-refractivity contribution in [3.05, 3.63) is 47.2 Å². The van der Waals surface area contributed by atoms with Gasteiger partial charge in [-0.1, -0.05) is 6.07 Å². The Labute approximate surface area is 134 Å². The monoisotopic (exact) mass is 316 g/mol. The standard InChI is InChI=1S/C16H20N4OS/c1-11-4-6-13(22-3)10-14(11)16(21)18-9-8-17-15-7-5-12(2)19-20-15/h4-7,10H,8-9H2,1-3H3,(H,17,20)(H,18,21). The molecule has 0 aliphatic rings. The second-order valence-corrected chi connectivity index (χ2v) is 5.80. The third-order valence-electron chi connectivity index (χ3n) is 3.20. The van der Waals surface area contributed by atoms with Crippen molar-refractivity contribution in [1.29, 1.82) is 0 Å². The minimum Gasteiger partial charge on any atom is -0.367 e. The van der Waals surface area contributed by atoms with E-state index < -0.39 is 0 Å². The molecule has 0 aliphatic heterocycles. The summed E-state index contributed by atoms with van der Waals surface area (Å²) in [6.07, 6.45) is 2.00. The number of nitrogens with zero attached hydrogens (tertiary/aromatic N) is 2. The molecule has 6 heteroatoms. The van der Waals surface area contributed by atoms with E-state index in [1.807, 2.05) is 50.4 Å². The van der Waals surface area contributed by atoms with Crippen molar-refractivity contribution in [3.8, 4) is 0 Å². The maximum Gasteiger partial charge on any atom is 0.251 e. The zero-order valence-electron chi connectivity index (χ0n) is 13.0. The van der Waals surface area contributed by atoms with Crippen molar-refractivity contribution in [3.63, 3.8) is 0 Å². The van der Waals surface area contributed by atoms with Crippen LogP contribution in [-0.2, 0) is 0 Å². The quantitative estimate of drug-likeness (QED) is 0.633. The topological polar surface area (TPSA) is 66.9 Å². The molecule has 22 heavy (non-hydrogen) atoms. The molecule has 0 saturated carbocycles. The molecule has 5 nitrogen and oxygen atoms in total. The van der Waals surface area contributed by atoms with E-state index in [0.29, 0.717) is 18.9 Å². The molecule has 0 spiro atoms. The Balaban J connectivity index is 1.84. The number of amides is 1. The van der Waals surface area contributed by atoms with E-state index in [-0.39, 0.29) is 5.91 Å². The highest BCUT2D eigenvalue weighted by Crippen LogP contribution is 2.18. The van der Waals surface area contributed by atoms with E-state index in [1.165, 1.54) is 0 Å². The number of carbonyl (C=O) groups excluding carboxylic acids is 1. The minimum absolute atomic E-state index is 0.0507. The number of anilines is 1. The van der Waals surface area contributed by atoms with Gasteiger partial charge in [-0.05, 0) is 49.9 Å². The Hall–Kier alpha value is -2.08. The molecule has 1 amide bonds. The summed E-state index contributed by atoms with van der Waals surface area (Å²) in [6, 6.07) is 9.69. The van der Waals surface area contributed by atoms with Gasteiger partial charge in [0.2, 0.25) is 0 Å². The molecule has 1 aromatic carbocycles. The number of carbonyl (C=O) groups is 1. The largest absolute Gasteiger partial charge is 0.367 e. The highest BCUT2D eigenvalue weighted by molar-refractivity contribution is 7.98. The molecular weight excluding hydrogens is 296 g/mol. The maximum absolute atomic E-state index is 12.2. The lowest BCUT2D eigenvalue weighted by Gasteiger charge is -2.10. The van der Waals surface area contributed by atoms with E-state index in [2.05, 4.69) is 20.8 Å². The first-order chi connectivity index (χ1) is 10.6. The Morgan fingerprint density at radius 1 is 1.14 bits per heavy atom. The lowest BCUT2D eigenvalue weighted by Crippen LogP contribution is -2.29. The van der Waals surface area contributed by atoms with Crippen molar-refractivity contribution >= 4 is 23.5 Å². The second kappa shape index (κ2) is 7.79. The van der Waals surface area contributed by atoms with Crippen molar-refractivity contribution < 1.29 is 4.79 Å². The number of aromatic nitrogens is 2. The van der Waals surface area contributed by atoms with Crippen molar-refractivity contribution in [2.45, 2.75) is 18.7 Å². The molecule has 0 aliphatic carbocycles. The molecule has 0 unspecified atom stereocenters. The second-order valence-electron chi connectivity index (χ2n) is 4.92. The van der Waals surface area contributed by atoms with Gasteiger partial charge in [-0.25, -0.2) is 0 Å². The van der Waals surface area contributed by atoms with Crippen molar-refractivity contribution in [2.24, 2.45) is 0 Å². The van der Waals surface area contributed by atoms with E-state index >= 15 is 0 Å². The summed E-state index contributed by atoms with van der Waals surface area (Å²) in [5.74, 6) is 0.658. The van der Waals surface area contributed by atoms with E-state index in [9.17, 15) is 4.79 Å². The molecule has 1 heterocycles. The number of benzene rings is 1. The van der Waals surface area contributed by atoms with Gasteiger partial charge in [-0.2, -0.15) is 5.10 Å². The molecule has 0 radical (unpaired) electrons. The lowest BCUT2D eigenvalue weighted by atomic mass is 10.1. The average Bonchev–Trinajstić information content (AvgIpc) is 2.53. The fourth-order valence-electron chi connectivity index (χ4n) is 1.93. The molecule has 0 bridgehead atoms. The first-order valence-electron chi connectivity index (χ1n) is 7.07. The predicted molar refractivity (Wildman–Crippen MR) is 90.6 cm³/mol. The van der Waals surface area contributed by atoms with Crippen molar-refractivity contribution in [1.82, 2.24) is 15.5 Å². The van der Waals surface area contributed by atoms with Gasteiger partial charge in [0.15, 0.2) is 0 Å². The first-order valence-corrected chi connectivity index (χ1v) is 8.29. The summed E-state index contributed by atoms with van der Waals surface area (Å²) in [7, 11) is 0. The number of aryl methyl sites for hydroxylation is 2. The summed E-state index contributed by atoms with van der Waals surface area (Å²) >= 11 is 1.63. The zero-order valence-corrected chi connectivity index (χ0v) is 13.8. The number of hydrogen-bond donors (Lipinski definition) is 2. The summed E-state index contributed by atoms with van der Waals surface area (Å²) in [5, 5.41) is 14.0. The molecule has 0 saturated heterocycles. The van der Waals surface area contributed by atoms with Crippen LogP contribution in [0.15, 0.2) is 35.2 Å². The smallest absolute Gasteiger partial charge is 0.251 e. The van der Waals surface area contributed by atoms with Crippen LogP contribution >= 0.6 is 11.8 Å². The van der Waals surface area contributed by atoms with Gasteiger partial charge in [-0.15, -0.1) is 16.9 Å². The fraction of sp³-hybridized carbons (Fsp3) is 0.312. The summed E-state index contributed by atoms with van der Waals surface area (Å²) in [4.78, 5) is 13.3. The molecule has 1 aromatic heterocycles. The number of hydrogen-bond acceptors (Lipinski definition) is 5. The Morgan fingerprint density at radius 2 is 1.95 bits per heavy atom. The average molecular weight is 316 g/mol. The molecular formula is C16H20N4OS. The van der Waals surface area contributed by atoms with Crippen LogP contribution < -0.4 is 10.6 Å². The van der Waals surface area contributed by atoms with Gasteiger partial charge in [0.1, 0.15) is 5.82 Å². The van der Waals surface area contributed by atoms with Gasteiger partial charge < -0.3 is 10.6 Å². The van der Waals surface area contributed by atoms with Crippen LogP contribution in [0.4, 0.5) is 5.82 Å². The van der Waals surface area contributed by atoms with Crippen LogP contribution in [0.3, 0.4) is 0 Å². The molecule has 0 fully saturated rings. The third-order valence-corrected chi connectivity index (χ3v) is 3.93. The van der Waals surface area contributed by atoms with Gasteiger partial charge in [0.05, 0.1) is 5.69 Å². The SMILES string of the molecule is CSc1ccc(C)c(C(=O)NCCNc2ccc(C)nn2)c1. The maximum atomic E-state index is 12.2. The molecule has 0 atom stereocenters. The van der Waals surface area contributed by atoms with E-state index in [0.717, 1.165) is 21.7 Å². The third kappa shape index (κ3) is 4.46. The van der Waals surface area contributed by atoms with Gasteiger partial charge in [-0.3, -0.25) is 4.79 Å². The summed E-state index contributed by atoms with van der Waals surface area (Å²) in [6.45, 7) is 4.96. The summed E-state index contributed by atoms with van der Waals surface area (Å²) in [5.41, 5.74) is 2.58. The minimum atomic E-state index is -0.0507. The summed E-state index contributed by atoms with van der Waals surface area (Å²) < 4.78 is 0. The zero-order chi connectivity index (χ0) is 15.9. The van der Waals surface area contributed by atoms with Crippen LogP contribution in [0.2, 0.25) is 0 Å².